The van der Waals surface area contributed by atoms with E-state index in [0.717, 1.165) is 19.3 Å². The second-order valence-corrected chi connectivity index (χ2v) is 9.06. The van der Waals surface area contributed by atoms with Crippen molar-refractivity contribution in [2.45, 2.75) is 62.4 Å². The number of aliphatic hydroxyl groups excluding tert-OH is 2. The number of rotatable bonds is 13. The SMILES string of the molecule is O=C(O)CCCCCC[C@H]1C(=O)CC(O)[C@@H]1SCC(O)COc1ccc(Cl)cc1. The van der Waals surface area contributed by atoms with Gasteiger partial charge in [-0.05, 0) is 37.1 Å². The predicted octanol–water partition coefficient (Wildman–Crippen LogP) is 3.56. The van der Waals surface area contributed by atoms with E-state index in [4.69, 9.17) is 21.4 Å². The first kappa shape index (κ1) is 24.0. The number of hydrogen-bond donors (Lipinski definition) is 3. The molecule has 2 unspecified atom stereocenters. The molecule has 1 aliphatic carbocycles. The molecule has 0 amide bonds. The summed E-state index contributed by atoms with van der Waals surface area (Å²) in [5, 5.41) is 29.5. The second-order valence-electron chi connectivity index (χ2n) is 7.41. The third-order valence-corrected chi connectivity index (χ3v) is 6.85. The monoisotopic (exact) mass is 444 g/mol. The molecule has 4 atom stereocenters. The van der Waals surface area contributed by atoms with E-state index in [-0.39, 0.29) is 36.4 Å². The Morgan fingerprint density at radius 1 is 1.21 bits per heavy atom. The van der Waals surface area contributed by atoms with Gasteiger partial charge in [0.15, 0.2) is 0 Å². The smallest absolute Gasteiger partial charge is 0.303 e. The number of Topliss-reactive ketones (excluding diaryl/α,β-unsaturated/α-hetero) is 1. The molecule has 0 aromatic heterocycles. The van der Waals surface area contributed by atoms with E-state index in [1.807, 2.05) is 0 Å². The highest BCUT2D eigenvalue weighted by Crippen LogP contribution is 2.36. The molecule has 0 heterocycles. The van der Waals surface area contributed by atoms with Crippen molar-refractivity contribution in [2.24, 2.45) is 5.92 Å². The maximum absolute atomic E-state index is 12.2. The van der Waals surface area contributed by atoms with Crippen LogP contribution in [0.1, 0.15) is 44.9 Å². The van der Waals surface area contributed by atoms with Crippen LogP contribution in [-0.2, 0) is 9.59 Å². The topological polar surface area (TPSA) is 104 Å². The Kier molecular flexibility index (Phi) is 10.3. The number of carbonyl (C=O) groups is 2. The van der Waals surface area contributed by atoms with Crippen molar-refractivity contribution >= 4 is 35.1 Å². The van der Waals surface area contributed by atoms with Crippen molar-refractivity contribution in [3.63, 3.8) is 0 Å². The van der Waals surface area contributed by atoms with Crippen LogP contribution in [0.5, 0.6) is 5.75 Å². The molecular weight excluding hydrogens is 416 g/mol. The highest BCUT2D eigenvalue weighted by Gasteiger charge is 2.41. The van der Waals surface area contributed by atoms with Crippen molar-refractivity contribution in [3.05, 3.63) is 29.3 Å². The Labute approximate surface area is 180 Å². The number of carboxylic acid groups (broad SMARTS) is 1. The highest BCUT2D eigenvalue weighted by molar-refractivity contribution is 8.00. The number of thioether (sulfide) groups is 1. The number of carboxylic acids is 1. The number of hydrogen-bond acceptors (Lipinski definition) is 6. The zero-order valence-corrected chi connectivity index (χ0v) is 17.9. The molecule has 162 valence electrons. The fourth-order valence-electron chi connectivity index (χ4n) is 3.47. The van der Waals surface area contributed by atoms with Crippen molar-refractivity contribution in [2.75, 3.05) is 12.4 Å². The normalized spacial score (nSPS) is 22.6. The Bertz CT molecular complexity index is 653. The lowest BCUT2D eigenvalue weighted by Gasteiger charge is -2.22. The Balaban J connectivity index is 1.71. The van der Waals surface area contributed by atoms with Gasteiger partial charge in [-0.1, -0.05) is 30.9 Å². The molecule has 2 rings (SSSR count). The number of ether oxygens (including phenoxy) is 1. The minimum atomic E-state index is -0.783. The van der Waals surface area contributed by atoms with Crippen LogP contribution in [0.25, 0.3) is 0 Å². The van der Waals surface area contributed by atoms with E-state index >= 15 is 0 Å². The third-order valence-electron chi connectivity index (χ3n) is 4.99. The van der Waals surface area contributed by atoms with Gasteiger partial charge in [0.1, 0.15) is 18.1 Å². The summed E-state index contributed by atoms with van der Waals surface area (Å²) in [4.78, 5) is 22.8. The lowest BCUT2D eigenvalue weighted by molar-refractivity contribution is -0.137. The molecule has 1 aliphatic rings. The summed E-state index contributed by atoms with van der Waals surface area (Å²) in [6, 6.07) is 6.89. The standard InChI is InChI=1S/C21H29ClO6S/c22-14-7-9-16(10-8-14)28-12-15(23)13-29-21-17(18(24)11-19(21)25)5-3-1-2-4-6-20(26)27/h7-10,15,17,19,21,23,25H,1-6,11-13H2,(H,26,27)/t15?,17-,19?,21+/m0/s1. The maximum Gasteiger partial charge on any atom is 0.303 e. The molecular formula is C21H29ClO6S. The molecule has 0 spiro atoms. The van der Waals surface area contributed by atoms with Gasteiger partial charge in [0.05, 0.1) is 12.2 Å². The van der Waals surface area contributed by atoms with Crippen LogP contribution in [0.3, 0.4) is 0 Å². The zero-order valence-electron chi connectivity index (χ0n) is 16.3. The number of aliphatic hydroxyl groups is 2. The van der Waals surface area contributed by atoms with Crippen LogP contribution < -0.4 is 4.74 Å². The van der Waals surface area contributed by atoms with Gasteiger partial charge < -0.3 is 20.1 Å². The summed E-state index contributed by atoms with van der Waals surface area (Å²) in [6.07, 6.45) is 2.82. The average Bonchev–Trinajstić information content (AvgIpc) is 2.94. The molecule has 29 heavy (non-hydrogen) atoms. The van der Waals surface area contributed by atoms with Crippen LogP contribution >= 0.6 is 23.4 Å². The molecule has 0 bridgehead atoms. The van der Waals surface area contributed by atoms with Crippen LogP contribution in [0, 0.1) is 5.92 Å². The van der Waals surface area contributed by atoms with Crippen molar-refractivity contribution in [1.82, 2.24) is 0 Å². The second kappa shape index (κ2) is 12.4. The molecule has 1 aromatic rings. The molecule has 1 fully saturated rings. The number of carbonyl (C=O) groups excluding carboxylic acids is 1. The van der Waals surface area contributed by atoms with Crippen molar-refractivity contribution in [3.8, 4) is 5.75 Å². The molecule has 0 saturated heterocycles. The van der Waals surface area contributed by atoms with Gasteiger partial charge in [-0.15, -0.1) is 0 Å². The van der Waals surface area contributed by atoms with E-state index in [1.54, 1.807) is 24.3 Å². The van der Waals surface area contributed by atoms with Crippen molar-refractivity contribution in [1.29, 1.82) is 0 Å². The number of benzene rings is 1. The number of ketones is 1. The summed E-state index contributed by atoms with van der Waals surface area (Å²) < 4.78 is 5.54. The van der Waals surface area contributed by atoms with Gasteiger partial charge in [-0.2, -0.15) is 11.8 Å². The van der Waals surface area contributed by atoms with Gasteiger partial charge in [0, 0.05) is 34.8 Å². The van der Waals surface area contributed by atoms with Gasteiger partial charge in [-0.3, -0.25) is 9.59 Å². The fourth-order valence-corrected chi connectivity index (χ4v) is 4.97. The van der Waals surface area contributed by atoms with Crippen LogP contribution in [0.15, 0.2) is 24.3 Å². The van der Waals surface area contributed by atoms with Crippen LogP contribution in [-0.4, -0.2) is 56.9 Å². The molecule has 8 heteroatoms. The minimum Gasteiger partial charge on any atom is -0.491 e. The van der Waals surface area contributed by atoms with Crippen LogP contribution in [0.4, 0.5) is 0 Å². The summed E-state index contributed by atoms with van der Waals surface area (Å²) in [5.41, 5.74) is 0. The molecule has 3 N–H and O–H groups in total. The largest absolute Gasteiger partial charge is 0.491 e. The summed E-state index contributed by atoms with van der Waals surface area (Å²) in [7, 11) is 0. The first-order valence-corrected chi connectivity index (χ1v) is 11.4. The van der Waals surface area contributed by atoms with E-state index in [0.29, 0.717) is 29.4 Å². The van der Waals surface area contributed by atoms with E-state index < -0.39 is 18.2 Å². The van der Waals surface area contributed by atoms with Crippen molar-refractivity contribution < 1.29 is 29.6 Å². The Morgan fingerprint density at radius 3 is 2.59 bits per heavy atom. The first-order valence-electron chi connectivity index (χ1n) is 9.97. The molecule has 0 aliphatic heterocycles. The lowest BCUT2D eigenvalue weighted by atomic mass is 9.98. The number of unbranched alkanes of at least 4 members (excludes halogenated alkanes) is 3. The summed E-state index contributed by atoms with van der Waals surface area (Å²) in [6.45, 7) is 0.125. The lowest BCUT2D eigenvalue weighted by Crippen LogP contribution is -2.28. The van der Waals surface area contributed by atoms with E-state index in [1.165, 1.54) is 11.8 Å². The maximum atomic E-state index is 12.2. The molecule has 0 radical (unpaired) electrons. The highest BCUT2D eigenvalue weighted by atomic mass is 35.5. The van der Waals surface area contributed by atoms with Gasteiger partial charge >= 0.3 is 5.97 Å². The predicted molar refractivity (Wildman–Crippen MR) is 114 cm³/mol. The van der Waals surface area contributed by atoms with E-state index in [9.17, 15) is 19.8 Å². The molecule has 1 saturated carbocycles. The minimum absolute atomic E-state index is 0.0763. The first-order chi connectivity index (χ1) is 13.9. The Hall–Kier alpha value is -1.28. The van der Waals surface area contributed by atoms with E-state index in [2.05, 4.69) is 0 Å². The summed E-state index contributed by atoms with van der Waals surface area (Å²) in [5.74, 6) is 0.0771. The van der Waals surface area contributed by atoms with Gasteiger partial charge in [0.25, 0.3) is 0 Å². The average molecular weight is 445 g/mol. The molecule has 1 aromatic carbocycles. The number of aliphatic carboxylic acids is 1. The number of halogens is 1. The van der Waals surface area contributed by atoms with Crippen LogP contribution in [0.2, 0.25) is 5.02 Å². The zero-order chi connectivity index (χ0) is 21.2. The quantitative estimate of drug-likeness (QED) is 0.399. The van der Waals surface area contributed by atoms with Gasteiger partial charge in [-0.25, -0.2) is 0 Å². The summed E-state index contributed by atoms with van der Waals surface area (Å²) >= 11 is 7.25. The van der Waals surface area contributed by atoms with Gasteiger partial charge in [0.2, 0.25) is 0 Å². The third kappa shape index (κ3) is 8.54. The fraction of sp³-hybridized carbons (Fsp3) is 0.619. The molecule has 6 nitrogen and oxygen atoms in total. The Morgan fingerprint density at radius 2 is 1.90 bits per heavy atom.